The van der Waals surface area contributed by atoms with Gasteiger partial charge in [0, 0.05) is 30.6 Å². The zero-order valence-corrected chi connectivity index (χ0v) is 13.4. The van der Waals surface area contributed by atoms with Gasteiger partial charge >= 0.3 is 0 Å². The molecule has 2 heterocycles. The molecule has 0 aliphatic rings. The lowest BCUT2D eigenvalue weighted by Gasteiger charge is -2.02. The highest BCUT2D eigenvalue weighted by Crippen LogP contribution is 2.10. The van der Waals surface area contributed by atoms with Crippen LogP contribution in [-0.4, -0.2) is 21.1 Å². The van der Waals surface area contributed by atoms with Crippen molar-refractivity contribution in [2.24, 2.45) is 0 Å². The Bertz CT molecular complexity index is 768. The molecule has 0 atom stereocenters. The molecule has 0 aliphatic heterocycles. The van der Waals surface area contributed by atoms with Crippen LogP contribution in [0.15, 0.2) is 60.9 Å². The number of carbonyl (C=O) groups is 1. The van der Waals surface area contributed by atoms with E-state index >= 15 is 0 Å². The Balaban J connectivity index is 1.46. The minimum Gasteiger partial charge on any atom is -0.309 e. The van der Waals surface area contributed by atoms with Gasteiger partial charge in [-0.3, -0.25) is 14.9 Å². The number of benzene rings is 1. The van der Waals surface area contributed by atoms with E-state index in [2.05, 4.69) is 32.6 Å². The molecule has 0 saturated carbocycles. The summed E-state index contributed by atoms with van der Waals surface area (Å²) < 4.78 is 0. The van der Waals surface area contributed by atoms with Crippen LogP contribution in [0.5, 0.6) is 0 Å². The maximum atomic E-state index is 12.0. The molecule has 2 aromatic heterocycles. The molecule has 0 bridgehead atoms. The molecule has 0 saturated heterocycles. The number of hydrogen-bond donors (Lipinski definition) is 2. The average Bonchev–Trinajstić information content (AvgIpc) is 3.07. The predicted molar refractivity (Wildman–Crippen MR) is 93.6 cm³/mol. The molecule has 0 spiro atoms. The highest BCUT2D eigenvalue weighted by Gasteiger charge is 2.07. The summed E-state index contributed by atoms with van der Waals surface area (Å²) in [6, 6.07) is 16.0. The van der Waals surface area contributed by atoms with E-state index in [-0.39, 0.29) is 5.91 Å². The molecule has 0 unspecified atom stereocenters. The Morgan fingerprint density at radius 1 is 0.958 bits per heavy atom. The fourth-order valence-corrected chi connectivity index (χ4v) is 2.49. The number of aromatic amines is 1. The summed E-state index contributed by atoms with van der Waals surface area (Å²) >= 11 is 0. The van der Waals surface area contributed by atoms with Crippen LogP contribution in [0.4, 0.5) is 5.82 Å². The van der Waals surface area contributed by atoms with Gasteiger partial charge in [0.25, 0.3) is 0 Å². The fourth-order valence-electron chi connectivity index (χ4n) is 2.49. The van der Waals surface area contributed by atoms with Crippen LogP contribution in [-0.2, 0) is 24.1 Å². The Morgan fingerprint density at radius 2 is 1.71 bits per heavy atom. The van der Waals surface area contributed by atoms with Gasteiger partial charge < -0.3 is 5.32 Å². The molecular formula is C19H20N4O. The van der Waals surface area contributed by atoms with E-state index < -0.39 is 0 Å². The molecule has 0 fully saturated rings. The van der Waals surface area contributed by atoms with Gasteiger partial charge in [0.15, 0.2) is 5.82 Å². The number of carbonyl (C=O) groups excluding carboxylic acids is 1. The summed E-state index contributed by atoms with van der Waals surface area (Å²) in [5, 5.41) is 9.97. The standard InChI is InChI=1S/C19H20N4O/c24-19(9-7-16-10-12-20-13-11-16)21-18-14-17(22-23-18)8-6-15-4-2-1-3-5-15/h1-5,10-14H,6-9H2,(H2,21,22,23,24). The summed E-state index contributed by atoms with van der Waals surface area (Å²) in [5.74, 6) is 0.547. The highest BCUT2D eigenvalue weighted by molar-refractivity contribution is 5.89. The van der Waals surface area contributed by atoms with E-state index in [1.807, 2.05) is 36.4 Å². The van der Waals surface area contributed by atoms with Crippen molar-refractivity contribution in [1.29, 1.82) is 0 Å². The maximum Gasteiger partial charge on any atom is 0.225 e. The van der Waals surface area contributed by atoms with E-state index in [9.17, 15) is 4.79 Å². The summed E-state index contributed by atoms with van der Waals surface area (Å²) in [4.78, 5) is 16.0. The number of nitrogens with zero attached hydrogens (tertiary/aromatic N) is 2. The van der Waals surface area contributed by atoms with Gasteiger partial charge in [0.2, 0.25) is 5.91 Å². The van der Waals surface area contributed by atoms with Crippen molar-refractivity contribution in [3.8, 4) is 0 Å². The van der Waals surface area contributed by atoms with Gasteiger partial charge in [0.1, 0.15) is 0 Å². The van der Waals surface area contributed by atoms with E-state index in [1.54, 1.807) is 12.4 Å². The van der Waals surface area contributed by atoms with Crippen molar-refractivity contribution >= 4 is 11.7 Å². The second-order valence-corrected chi connectivity index (χ2v) is 5.67. The van der Waals surface area contributed by atoms with Gasteiger partial charge in [-0.1, -0.05) is 30.3 Å². The smallest absolute Gasteiger partial charge is 0.225 e. The van der Waals surface area contributed by atoms with Crippen LogP contribution < -0.4 is 5.32 Å². The Kier molecular flexibility index (Phi) is 5.35. The molecule has 5 heteroatoms. The Morgan fingerprint density at radius 3 is 2.50 bits per heavy atom. The van der Waals surface area contributed by atoms with Crippen molar-refractivity contribution in [2.45, 2.75) is 25.7 Å². The lowest BCUT2D eigenvalue weighted by Crippen LogP contribution is -2.12. The molecular weight excluding hydrogens is 300 g/mol. The first-order valence-electron chi connectivity index (χ1n) is 8.06. The number of aryl methyl sites for hydroxylation is 3. The third-order valence-corrected chi connectivity index (χ3v) is 3.81. The van der Waals surface area contributed by atoms with Gasteiger partial charge in [-0.15, -0.1) is 0 Å². The highest BCUT2D eigenvalue weighted by atomic mass is 16.1. The summed E-state index contributed by atoms with van der Waals surface area (Å²) in [5.41, 5.74) is 3.41. The number of amides is 1. The zero-order chi connectivity index (χ0) is 16.6. The van der Waals surface area contributed by atoms with E-state index in [1.165, 1.54) is 5.56 Å². The fraction of sp³-hybridized carbons (Fsp3) is 0.211. The summed E-state index contributed by atoms with van der Waals surface area (Å²) in [7, 11) is 0. The predicted octanol–water partition coefficient (Wildman–Crippen LogP) is 3.16. The number of aromatic nitrogens is 3. The lowest BCUT2D eigenvalue weighted by molar-refractivity contribution is -0.116. The number of anilines is 1. The van der Waals surface area contributed by atoms with Crippen LogP contribution >= 0.6 is 0 Å². The third-order valence-electron chi connectivity index (χ3n) is 3.81. The minimum atomic E-state index is -0.0343. The van der Waals surface area contributed by atoms with Gasteiger partial charge in [-0.2, -0.15) is 5.10 Å². The van der Waals surface area contributed by atoms with Gasteiger partial charge in [-0.05, 0) is 42.5 Å². The number of nitrogens with one attached hydrogen (secondary N) is 2. The quantitative estimate of drug-likeness (QED) is 0.702. The third kappa shape index (κ3) is 4.78. The van der Waals surface area contributed by atoms with Crippen molar-refractivity contribution in [3.63, 3.8) is 0 Å². The first kappa shape index (κ1) is 15.9. The number of rotatable bonds is 7. The van der Waals surface area contributed by atoms with Crippen LogP contribution in [0.25, 0.3) is 0 Å². The van der Waals surface area contributed by atoms with E-state index in [4.69, 9.17) is 0 Å². The average molecular weight is 320 g/mol. The SMILES string of the molecule is O=C(CCc1ccncc1)Nc1cc(CCc2ccccc2)[nH]n1. The molecule has 0 radical (unpaired) electrons. The molecule has 1 amide bonds. The van der Waals surface area contributed by atoms with E-state index in [0.717, 1.165) is 24.1 Å². The molecule has 3 aromatic rings. The van der Waals surface area contributed by atoms with Crippen LogP contribution in [0, 0.1) is 0 Å². The number of H-pyrrole nitrogens is 1. The molecule has 122 valence electrons. The second-order valence-electron chi connectivity index (χ2n) is 5.67. The first-order valence-corrected chi connectivity index (χ1v) is 8.06. The second kappa shape index (κ2) is 8.06. The van der Waals surface area contributed by atoms with Crippen molar-refractivity contribution in [2.75, 3.05) is 5.32 Å². The molecule has 24 heavy (non-hydrogen) atoms. The molecule has 0 aliphatic carbocycles. The molecule has 2 N–H and O–H groups in total. The molecule has 3 rings (SSSR count). The molecule has 1 aromatic carbocycles. The minimum absolute atomic E-state index is 0.0343. The van der Waals surface area contributed by atoms with Gasteiger partial charge in [0.05, 0.1) is 0 Å². The van der Waals surface area contributed by atoms with E-state index in [0.29, 0.717) is 18.7 Å². The van der Waals surface area contributed by atoms with Crippen molar-refractivity contribution in [1.82, 2.24) is 15.2 Å². The zero-order valence-electron chi connectivity index (χ0n) is 13.4. The first-order chi connectivity index (χ1) is 11.8. The largest absolute Gasteiger partial charge is 0.309 e. The maximum absolute atomic E-state index is 12.0. The van der Waals surface area contributed by atoms with Crippen LogP contribution in [0.1, 0.15) is 23.2 Å². The van der Waals surface area contributed by atoms with Crippen LogP contribution in [0.2, 0.25) is 0 Å². The number of pyridine rings is 1. The monoisotopic (exact) mass is 320 g/mol. The number of hydrogen-bond acceptors (Lipinski definition) is 3. The topological polar surface area (TPSA) is 70.7 Å². The normalized spacial score (nSPS) is 10.5. The molecule has 5 nitrogen and oxygen atoms in total. The van der Waals surface area contributed by atoms with Crippen molar-refractivity contribution < 1.29 is 4.79 Å². The lowest BCUT2D eigenvalue weighted by atomic mass is 10.1. The summed E-state index contributed by atoms with van der Waals surface area (Å²) in [6.07, 6.45) is 6.40. The van der Waals surface area contributed by atoms with Gasteiger partial charge in [-0.25, -0.2) is 0 Å². The Labute approximate surface area is 141 Å². The Hall–Kier alpha value is -2.95. The van der Waals surface area contributed by atoms with Crippen molar-refractivity contribution in [3.05, 3.63) is 77.7 Å². The van der Waals surface area contributed by atoms with Crippen LogP contribution in [0.3, 0.4) is 0 Å². The summed E-state index contributed by atoms with van der Waals surface area (Å²) in [6.45, 7) is 0.